The molecule has 98 valence electrons. The van der Waals surface area contributed by atoms with Crippen molar-refractivity contribution < 1.29 is 9.59 Å². The number of nitrogens with one attached hydrogen (secondary N) is 2. The predicted molar refractivity (Wildman–Crippen MR) is 69.0 cm³/mol. The normalized spacial score (nSPS) is 10.2. The summed E-state index contributed by atoms with van der Waals surface area (Å²) in [5, 5.41) is 5.76. The largest absolute Gasteiger partial charge is 0.352 e. The number of hydrogen-bond acceptors (Lipinski definition) is 5. The second kappa shape index (κ2) is 7.65. The fourth-order valence-corrected chi connectivity index (χ4v) is 1.73. The Balaban J connectivity index is 2.20. The van der Waals surface area contributed by atoms with Gasteiger partial charge in [0.15, 0.2) is 5.16 Å². The molecule has 18 heavy (non-hydrogen) atoms. The molecule has 0 aromatic carbocycles. The zero-order valence-electron chi connectivity index (χ0n) is 10.3. The van der Waals surface area contributed by atoms with E-state index >= 15 is 0 Å². The third-order valence-corrected chi connectivity index (χ3v) is 2.65. The topological polar surface area (TPSA) is 84.0 Å². The van der Waals surface area contributed by atoms with Crippen molar-refractivity contribution in [1.82, 2.24) is 20.6 Å². The molecular formula is C11H16N4O2S. The molecule has 6 nitrogen and oxygen atoms in total. The number of hydrogen-bond donors (Lipinski definition) is 2. The highest BCUT2D eigenvalue weighted by Gasteiger charge is 2.07. The maximum absolute atomic E-state index is 11.4. The van der Waals surface area contributed by atoms with Crippen LogP contribution in [0.15, 0.2) is 23.6 Å². The van der Waals surface area contributed by atoms with Crippen LogP contribution in [-0.2, 0) is 9.59 Å². The van der Waals surface area contributed by atoms with Crippen LogP contribution >= 0.6 is 11.8 Å². The fourth-order valence-electron chi connectivity index (χ4n) is 1.09. The van der Waals surface area contributed by atoms with Crippen LogP contribution in [0.25, 0.3) is 0 Å². The SMILES string of the molecule is CC(C)NC(=O)CNC(=O)CSc1ncccn1. The first kappa shape index (κ1) is 14.4. The summed E-state index contributed by atoms with van der Waals surface area (Å²) in [6.45, 7) is 3.72. The van der Waals surface area contributed by atoms with Gasteiger partial charge in [0.25, 0.3) is 0 Å². The van der Waals surface area contributed by atoms with Crippen LogP contribution in [-0.4, -0.2) is 40.1 Å². The van der Waals surface area contributed by atoms with Crippen molar-refractivity contribution >= 4 is 23.6 Å². The van der Waals surface area contributed by atoms with E-state index in [4.69, 9.17) is 0 Å². The highest BCUT2D eigenvalue weighted by atomic mass is 32.2. The molecular weight excluding hydrogens is 252 g/mol. The second-order valence-electron chi connectivity index (χ2n) is 3.82. The number of carbonyl (C=O) groups is 2. The van der Waals surface area contributed by atoms with Gasteiger partial charge in [-0.1, -0.05) is 11.8 Å². The Labute approximate surface area is 110 Å². The first-order valence-electron chi connectivity index (χ1n) is 5.54. The first-order chi connectivity index (χ1) is 8.58. The molecule has 0 aliphatic carbocycles. The third kappa shape index (κ3) is 6.19. The van der Waals surface area contributed by atoms with Crippen molar-refractivity contribution in [2.75, 3.05) is 12.3 Å². The van der Waals surface area contributed by atoms with Gasteiger partial charge < -0.3 is 10.6 Å². The number of nitrogens with zero attached hydrogens (tertiary/aromatic N) is 2. The van der Waals surface area contributed by atoms with E-state index in [1.807, 2.05) is 13.8 Å². The summed E-state index contributed by atoms with van der Waals surface area (Å²) in [6, 6.07) is 1.78. The van der Waals surface area contributed by atoms with Crippen LogP contribution in [0.3, 0.4) is 0 Å². The van der Waals surface area contributed by atoms with E-state index in [2.05, 4.69) is 20.6 Å². The Morgan fingerprint density at radius 2 is 1.94 bits per heavy atom. The van der Waals surface area contributed by atoms with Gasteiger partial charge in [-0.2, -0.15) is 0 Å². The Morgan fingerprint density at radius 1 is 1.28 bits per heavy atom. The van der Waals surface area contributed by atoms with Gasteiger partial charge in [-0.15, -0.1) is 0 Å². The number of thioether (sulfide) groups is 1. The lowest BCUT2D eigenvalue weighted by molar-refractivity contribution is -0.125. The lowest BCUT2D eigenvalue weighted by atomic mass is 10.4. The molecule has 0 aliphatic rings. The smallest absolute Gasteiger partial charge is 0.239 e. The molecule has 2 amide bonds. The minimum atomic E-state index is -0.216. The van der Waals surface area contributed by atoms with Gasteiger partial charge in [0.2, 0.25) is 11.8 Å². The quantitative estimate of drug-likeness (QED) is 0.569. The van der Waals surface area contributed by atoms with Crippen LogP contribution in [0, 0.1) is 0 Å². The predicted octanol–water partition coefficient (Wildman–Crippen LogP) is 0.209. The van der Waals surface area contributed by atoms with Crippen LogP contribution in [0.4, 0.5) is 0 Å². The van der Waals surface area contributed by atoms with Gasteiger partial charge in [0.05, 0.1) is 12.3 Å². The first-order valence-corrected chi connectivity index (χ1v) is 6.52. The molecule has 0 unspecified atom stereocenters. The maximum Gasteiger partial charge on any atom is 0.239 e. The molecule has 0 spiro atoms. The van der Waals surface area contributed by atoms with Crippen molar-refractivity contribution in [3.63, 3.8) is 0 Å². The molecule has 1 heterocycles. The molecule has 1 aromatic rings. The summed E-state index contributed by atoms with van der Waals surface area (Å²) < 4.78 is 0. The average Bonchev–Trinajstić information content (AvgIpc) is 2.34. The zero-order chi connectivity index (χ0) is 13.4. The fraction of sp³-hybridized carbons (Fsp3) is 0.455. The van der Waals surface area contributed by atoms with Crippen molar-refractivity contribution in [3.05, 3.63) is 18.5 Å². The molecule has 7 heteroatoms. The van der Waals surface area contributed by atoms with Crippen molar-refractivity contribution in [2.24, 2.45) is 0 Å². The molecule has 1 aromatic heterocycles. The van der Waals surface area contributed by atoms with Crippen molar-refractivity contribution in [2.45, 2.75) is 25.0 Å². The number of carbonyl (C=O) groups excluding carboxylic acids is 2. The van der Waals surface area contributed by atoms with Gasteiger partial charge in [0.1, 0.15) is 0 Å². The van der Waals surface area contributed by atoms with Gasteiger partial charge in [0, 0.05) is 18.4 Å². The van der Waals surface area contributed by atoms with Crippen molar-refractivity contribution in [3.8, 4) is 0 Å². The average molecular weight is 268 g/mol. The Hall–Kier alpha value is -1.63. The molecule has 0 radical (unpaired) electrons. The minimum absolute atomic E-state index is 0.00673. The molecule has 0 saturated carbocycles. The summed E-state index contributed by atoms with van der Waals surface area (Å²) in [4.78, 5) is 30.7. The van der Waals surface area contributed by atoms with Gasteiger partial charge in [-0.25, -0.2) is 9.97 Å². The molecule has 2 N–H and O–H groups in total. The van der Waals surface area contributed by atoms with E-state index in [1.165, 1.54) is 11.8 Å². The van der Waals surface area contributed by atoms with Crippen molar-refractivity contribution in [1.29, 1.82) is 0 Å². The van der Waals surface area contributed by atoms with E-state index in [9.17, 15) is 9.59 Å². The highest BCUT2D eigenvalue weighted by molar-refractivity contribution is 7.99. The minimum Gasteiger partial charge on any atom is -0.352 e. The monoisotopic (exact) mass is 268 g/mol. The molecule has 0 saturated heterocycles. The molecule has 0 fully saturated rings. The Bertz CT molecular complexity index is 397. The van der Waals surface area contributed by atoms with Gasteiger partial charge >= 0.3 is 0 Å². The van der Waals surface area contributed by atoms with E-state index in [1.54, 1.807) is 18.5 Å². The van der Waals surface area contributed by atoms with E-state index in [-0.39, 0.29) is 30.2 Å². The van der Waals surface area contributed by atoms with Crippen LogP contribution < -0.4 is 10.6 Å². The zero-order valence-corrected chi connectivity index (χ0v) is 11.2. The summed E-state index contributed by atoms with van der Waals surface area (Å²) in [5.74, 6) is -0.218. The van der Waals surface area contributed by atoms with E-state index < -0.39 is 0 Å². The van der Waals surface area contributed by atoms with E-state index in [0.29, 0.717) is 5.16 Å². The lowest BCUT2D eigenvalue weighted by Crippen LogP contribution is -2.40. The molecule has 1 rings (SSSR count). The Kier molecular flexibility index (Phi) is 6.13. The molecule has 0 aliphatic heterocycles. The summed E-state index contributed by atoms with van der Waals surface area (Å²) in [6.07, 6.45) is 3.23. The summed E-state index contributed by atoms with van der Waals surface area (Å²) in [7, 11) is 0. The van der Waals surface area contributed by atoms with Crippen LogP contribution in [0.2, 0.25) is 0 Å². The van der Waals surface area contributed by atoms with Gasteiger partial charge in [-0.3, -0.25) is 9.59 Å². The lowest BCUT2D eigenvalue weighted by Gasteiger charge is -2.08. The number of amides is 2. The highest BCUT2D eigenvalue weighted by Crippen LogP contribution is 2.09. The third-order valence-electron chi connectivity index (χ3n) is 1.77. The van der Waals surface area contributed by atoms with Gasteiger partial charge in [-0.05, 0) is 19.9 Å². The second-order valence-corrected chi connectivity index (χ2v) is 4.76. The Morgan fingerprint density at radius 3 is 2.56 bits per heavy atom. The van der Waals surface area contributed by atoms with Crippen LogP contribution in [0.1, 0.15) is 13.8 Å². The number of rotatable bonds is 6. The molecule has 0 bridgehead atoms. The molecule has 0 atom stereocenters. The number of aromatic nitrogens is 2. The summed E-state index contributed by atoms with van der Waals surface area (Å²) >= 11 is 1.23. The maximum atomic E-state index is 11.4. The van der Waals surface area contributed by atoms with Crippen LogP contribution in [0.5, 0.6) is 0 Å². The van der Waals surface area contributed by atoms with E-state index in [0.717, 1.165) is 0 Å². The summed E-state index contributed by atoms with van der Waals surface area (Å²) in [5.41, 5.74) is 0. The standard InChI is InChI=1S/C11H16N4O2S/c1-8(2)15-9(16)6-14-10(17)7-18-11-12-4-3-5-13-11/h3-5,8H,6-7H2,1-2H3,(H,14,17)(H,15,16).